The predicted octanol–water partition coefficient (Wildman–Crippen LogP) is 4.56. The van der Waals surface area contributed by atoms with Crippen molar-refractivity contribution in [2.75, 3.05) is 20.8 Å². The topological polar surface area (TPSA) is 92.6 Å². The molecule has 2 heterocycles. The fourth-order valence-corrected chi connectivity index (χ4v) is 4.09. The number of carbonyl (C=O) groups is 1. The lowest BCUT2D eigenvalue weighted by atomic mass is 10.1. The number of para-hydroxylation sites is 1. The van der Waals surface area contributed by atoms with Crippen LogP contribution in [0.1, 0.15) is 41.4 Å². The summed E-state index contributed by atoms with van der Waals surface area (Å²) in [5.74, 6) is 1.79. The maximum Gasteiger partial charge on any atom is 0.273 e. The normalized spacial score (nSPS) is 11.4. The number of nitrogens with one attached hydrogen (secondary N) is 2. The summed E-state index contributed by atoms with van der Waals surface area (Å²) in [6, 6.07) is 14.1. The van der Waals surface area contributed by atoms with E-state index in [9.17, 15) is 4.79 Å². The van der Waals surface area contributed by atoms with Crippen molar-refractivity contribution in [3.8, 4) is 11.5 Å². The number of carbonyl (C=O) groups excluding carboxylic acids is 1. The molecule has 0 saturated carbocycles. The van der Waals surface area contributed by atoms with Gasteiger partial charge in [0.25, 0.3) is 5.91 Å². The lowest BCUT2D eigenvalue weighted by Gasteiger charge is -2.22. The Morgan fingerprint density at radius 1 is 1.11 bits per heavy atom. The smallest absolute Gasteiger partial charge is 0.273 e. The third-order valence-electron chi connectivity index (χ3n) is 5.82. The average Bonchev–Trinajstić information content (AvgIpc) is 3.49. The number of aromatic amines is 1. The molecule has 184 valence electrons. The Balaban J connectivity index is 1.56. The molecule has 0 saturated heterocycles. The minimum absolute atomic E-state index is 0.0239. The first-order valence-corrected chi connectivity index (χ1v) is 11.7. The first kappa shape index (κ1) is 24.3. The van der Waals surface area contributed by atoms with Gasteiger partial charge in [0.2, 0.25) is 5.89 Å². The molecular formula is C27H32N4O4. The molecule has 0 atom stereocenters. The summed E-state index contributed by atoms with van der Waals surface area (Å²) in [5.41, 5.74) is 3.64. The lowest BCUT2D eigenvalue weighted by molar-refractivity contribution is 0.0938. The van der Waals surface area contributed by atoms with Crippen LogP contribution in [0.5, 0.6) is 11.5 Å². The molecule has 0 bridgehead atoms. The van der Waals surface area contributed by atoms with Gasteiger partial charge >= 0.3 is 0 Å². The molecule has 0 radical (unpaired) electrons. The van der Waals surface area contributed by atoms with Crippen LogP contribution in [0.4, 0.5) is 0 Å². The van der Waals surface area contributed by atoms with Gasteiger partial charge in [-0.05, 0) is 50.1 Å². The Morgan fingerprint density at radius 3 is 2.71 bits per heavy atom. The van der Waals surface area contributed by atoms with Crippen LogP contribution in [0.2, 0.25) is 0 Å². The largest absolute Gasteiger partial charge is 0.497 e. The minimum atomic E-state index is -0.241. The summed E-state index contributed by atoms with van der Waals surface area (Å²) in [7, 11) is 3.31. The molecule has 0 aliphatic heterocycles. The molecule has 2 aromatic heterocycles. The number of ether oxygens (including phenoxy) is 2. The van der Waals surface area contributed by atoms with E-state index in [4.69, 9.17) is 13.9 Å². The van der Waals surface area contributed by atoms with E-state index in [2.05, 4.69) is 44.6 Å². The highest BCUT2D eigenvalue weighted by Crippen LogP contribution is 2.26. The van der Waals surface area contributed by atoms with E-state index in [1.54, 1.807) is 14.2 Å². The summed E-state index contributed by atoms with van der Waals surface area (Å²) < 4.78 is 16.7. The number of amides is 1. The second kappa shape index (κ2) is 11.1. The number of oxazole rings is 1. The van der Waals surface area contributed by atoms with Crippen molar-refractivity contribution >= 4 is 16.8 Å². The zero-order chi connectivity index (χ0) is 24.8. The van der Waals surface area contributed by atoms with Crippen LogP contribution >= 0.6 is 0 Å². The molecule has 0 unspecified atom stereocenters. The Bertz CT molecular complexity index is 1280. The highest BCUT2D eigenvalue weighted by Gasteiger charge is 2.18. The molecule has 35 heavy (non-hydrogen) atoms. The van der Waals surface area contributed by atoms with Crippen LogP contribution in [-0.4, -0.2) is 47.6 Å². The van der Waals surface area contributed by atoms with Gasteiger partial charge in [-0.25, -0.2) is 4.98 Å². The van der Waals surface area contributed by atoms with Crippen molar-refractivity contribution < 1.29 is 18.7 Å². The molecular weight excluding hydrogens is 444 g/mol. The van der Waals surface area contributed by atoms with E-state index in [0.717, 1.165) is 35.5 Å². The summed E-state index contributed by atoms with van der Waals surface area (Å²) in [5, 5.41) is 4.06. The number of hydrogen-bond donors (Lipinski definition) is 2. The van der Waals surface area contributed by atoms with Crippen molar-refractivity contribution in [2.24, 2.45) is 0 Å². The molecule has 0 aliphatic rings. The number of rotatable bonds is 11. The summed E-state index contributed by atoms with van der Waals surface area (Å²) in [6.45, 7) is 5.61. The third-order valence-corrected chi connectivity index (χ3v) is 5.82. The number of benzene rings is 2. The number of fused-ring (bicyclic) bond motifs is 1. The molecule has 8 heteroatoms. The first-order valence-electron chi connectivity index (χ1n) is 11.7. The van der Waals surface area contributed by atoms with Gasteiger partial charge in [-0.1, -0.05) is 18.2 Å². The summed E-state index contributed by atoms with van der Waals surface area (Å²) in [4.78, 5) is 22.3. The summed E-state index contributed by atoms with van der Waals surface area (Å²) >= 11 is 0. The Kier molecular flexibility index (Phi) is 7.72. The van der Waals surface area contributed by atoms with Gasteiger partial charge in [-0.15, -0.1) is 0 Å². The monoisotopic (exact) mass is 476 g/mol. The van der Waals surface area contributed by atoms with Gasteiger partial charge in [0, 0.05) is 41.8 Å². The van der Waals surface area contributed by atoms with E-state index in [1.807, 2.05) is 38.1 Å². The van der Waals surface area contributed by atoms with E-state index < -0.39 is 0 Å². The van der Waals surface area contributed by atoms with Gasteiger partial charge in [0.1, 0.15) is 17.8 Å². The highest BCUT2D eigenvalue weighted by molar-refractivity contribution is 5.92. The van der Waals surface area contributed by atoms with Crippen molar-refractivity contribution in [1.29, 1.82) is 0 Å². The zero-order valence-electron chi connectivity index (χ0n) is 20.6. The number of methoxy groups -OCH3 is 2. The SMILES string of the molecule is COc1ccc(OC)c(CN(CCc2c[nH]c3ccccc23)Cc2nc(C(=O)NC(C)C)co2)c1. The second-order valence-electron chi connectivity index (χ2n) is 8.75. The molecule has 0 fully saturated rings. The summed E-state index contributed by atoms with van der Waals surface area (Å²) in [6.07, 6.45) is 4.31. The highest BCUT2D eigenvalue weighted by atomic mass is 16.5. The maximum absolute atomic E-state index is 12.3. The van der Waals surface area contributed by atoms with Gasteiger partial charge in [0.05, 0.1) is 20.8 Å². The molecule has 4 rings (SSSR count). The standard InChI is InChI=1S/C27H32N4O4/c1-18(2)29-27(32)24-17-35-26(30-24)16-31(15-20-13-21(33-3)9-10-25(20)34-4)12-11-19-14-28-23-8-6-5-7-22(19)23/h5-10,13-14,17-18,28H,11-12,15-16H2,1-4H3,(H,29,32). The first-order chi connectivity index (χ1) is 17.0. The van der Waals surface area contributed by atoms with E-state index in [-0.39, 0.29) is 17.6 Å². The fraction of sp³-hybridized carbons (Fsp3) is 0.333. The van der Waals surface area contributed by atoms with Crippen molar-refractivity contribution in [1.82, 2.24) is 20.2 Å². The van der Waals surface area contributed by atoms with Crippen molar-refractivity contribution in [3.63, 3.8) is 0 Å². The molecule has 2 aromatic carbocycles. The van der Waals surface area contributed by atoms with Crippen molar-refractivity contribution in [2.45, 2.75) is 39.4 Å². The van der Waals surface area contributed by atoms with E-state index >= 15 is 0 Å². The molecule has 0 aliphatic carbocycles. The minimum Gasteiger partial charge on any atom is -0.497 e. The van der Waals surface area contributed by atoms with Crippen LogP contribution in [0.3, 0.4) is 0 Å². The van der Waals surface area contributed by atoms with Crippen LogP contribution < -0.4 is 14.8 Å². The molecule has 0 spiro atoms. The van der Waals surface area contributed by atoms with Crippen LogP contribution in [0.25, 0.3) is 10.9 Å². The average molecular weight is 477 g/mol. The maximum atomic E-state index is 12.3. The predicted molar refractivity (Wildman–Crippen MR) is 135 cm³/mol. The van der Waals surface area contributed by atoms with Crippen LogP contribution in [0.15, 0.2) is 59.3 Å². The van der Waals surface area contributed by atoms with E-state index in [0.29, 0.717) is 19.0 Å². The molecule has 1 amide bonds. The van der Waals surface area contributed by atoms with Gasteiger partial charge in [-0.3, -0.25) is 9.69 Å². The number of nitrogens with zero attached hydrogens (tertiary/aromatic N) is 2. The molecule has 8 nitrogen and oxygen atoms in total. The van der Waals surface area contributed by atoms with E-state index in [1.165, 1.54) is 17.2 Å². The van der Waals surface area contributed by atoms with Crippen molar-refractivity contribution in [3.05, 3.63) is 77.6 Å². The van der Waals surface area contributed by atoms with Gasteiger partial charge in [0.15, 0.2) is 5.69 Å². The lowest BCUT2D eigenvalue weighted by Crippen LogP contribution is -2.30. The quantitative estimate of drug-likeness (QED) is 0.330. The zero-order valence-corrected chi connectivity index (χ0v) is 20.6. The fourth-order valence-electron chi connectivity index (χ4n) is 4.09. The van der Waals surface area contributed by atoms with Gasteiger partial charge in [-0.2, -0.15) is 0 Å². The molecule has 2 N–H and O–H groups in total. The third kappa shape index (κ3) is 6.02. The van der Waals surface area contributed by atoms with Gasteiger partial charge < -0.3 is 24.2 Å². The second-order valence-corrected chi connectivity index (χ2v) is 8.75. The number of hydrogen-bond acceptors (Lipinski definition) is 6. The Labute approximate surface area is 205 Å². The van der Waals surface area contributed by atoms with Crippen LogP contribution in [-0.2, 0) is 19.5 Å². The Morgan fingerprint density at radius 2 is 1.94 bits per heavy atom. The Hall–Kier alpha value is -3.78. The van der Waals surface area contributed by atoms with Crippen LogP contribution in [0, 0.1) is 0 Å². The number of H-pyrrole nitrogens is 1. The molecule has 4 aromatic rings. The number of aromatic nitrogens is 2.